The molecule has 0 bridgehead atoms. The van der Waals surface area contributed by atoms with E-state index in [0.29, 0.717) is 0 Å². The van der Waals surface area contributed by atoms with Gasteiger partial charge in [0.2, 0.25) is 0 Å². The Morgan fingerprint density at radius 3 is 2.20 bits per heavy atom. The molecule has 8 heteroatoms. The number of carboxylic acids is 1. The van der Waals surface area contributed by atoms with Gasteiger partial charge in [0.1, 0.15) is 0 Å². The van der Waals surface area contributed by atoms with Crippen molar-refractivity contribution in [3.05, 3.63) is 0 Å². The molecule has 0 radical (unpaired) electrons. The summed E-state index contributed by atoms with van der Waals surface area (Å²) in [5.41, 5.74) is 0. The van der Waals surface area contributed by atoms with E-state index in [2.05, 4.69) is 5.32 Å². The molecule has 1 unspecified atom stereocenters. The van der Waals surface area contributed by atoms with E-state index < -0.39 is 30.6 Å². The topological polar surface area (TPSA) is 78.4 Å². The number of carbonyl (C=O) groups is 2. The summed E-state index contributed by atoms with van der Waals surface area (Å²) in [5.74, 6) is -4.60. The molecule has 1 atom stereocenters. The van der Waals surface area contributed by atoms with Crippen LogP contribution in [-0.2, 0) is 4.79 Å². The number of halogens is 3. The monoisotopic (exact) mass is 228 g/mol. The molecule has 2 amide bonds. The fourth-order valence-corrected chi connectivity index (χ4v) is 0.761. The van der Waals surface area contributed by atoms with Crippen molar-refractivity contribution in [2.24, 2.45) is 5.92 Å². The van der Waals surface area contributed by atoms with Gasteiger partial charge < -0.3 is 15.7 Å². The molecular weight excluding hydrogens is 217 g/mol. The summed E-state index contributed by atoms with van der Waals surface area (Å²) in [4.78, 5) is 20.9. The highest BCUT2D eigenvalue weighted by Gasteiger charge is 2.45. The minimum atomic E-state index is -4.87. The van der Waals surface area contributed by atoms with Gasteiger partial charge in [-0.15, -0.1) is 0 Å². The molecule has 0 rings (SSSR count). The van der Waals surface area contributed by atoms with Gasteiger partial charge in [-0.2, -0.15) is 13.2 Å². The average Bonchev–Trinajstić information content (AvgIpc) is 2.01. The maximum Gasteiger partial charge on any atom is 0.403 e. The van der Waals surface area contributed by atoms with Crippen LogP contribution in [0.1, 0.15) is 6.92 Å². The van der Waals surface area contributed by atoms with Crippen molar-refractivity contribution in [1.29, 1.82) is 0 Å². The summed E-state index contributed by atoms with van der Waals surface area (Å²) in [6.07, 6.45) is -4.87. The van der Waals surface area contributed by atoms with Gasteiger partial charge in [0.25, 0.3) is 0 Å². The lowest BCUT2D eigenvalue weighted by Gasteiger charge is -2.16. The van der Waals surface area contributed by atoms with Crippen molar-refractivity contribution in [2.75, 3.05) is 13.1 Å². The first-order valence-electron chi connectivity index (χ1n) is 4.10. The van der Waals surface area contributed by atoms with Gasteiger partial charge in [-0.25, -0.2) is 4.79 Å². The van der Waals surface area contributed by atoms with Gasteiger partial charge in [0, 0.05) is 13.1 Å². The first-order valence-corrected chi connectivity index (χ1v) is 4.10. The Morgan fingerprint density at radius 2 is 1.87 bits per heavy atom. The van der Waals surface area contributed by atoms with Crippen LogP contribution in [0, 0.1) is 5.92 Å². The predicted octanol–water partition coefficient (Wildman–Crippen LogP) is 0.569. The first-order chi connectivity index (χ1) is 6.79. The highest BCUT2D eigenvalue weighted by atomic mass is 19.4. The Hall–Kier alpha value is -1.47. The van der Waals surface area contributed by atoms with E-state index in [1.165, 1.54) is 0 Å². The molecule has 5 nitrogen and oxygen atoms in total. The maximum absolute atomic E-state index is 12.1. The molecule has 88 valence electrons. The molecule has 0 aliphatic heterocycles. The zero-order valence-electron chi connectivity index (χ0n) is 7.89. The lowest BCUT2D eigenvalue weighted by atomic mass is 10.1. The van der Waals surface area contributed by atoms with Crippen LogP contribution in [-0.4, -0.2) is 36.4 Å². The molecule has 0 aromatic carbocycles. The largest absolute Gasteiger partial charge is 0.481 e. The van der Waals surface area contributed by atoms with E-state index in [1.54, 1.807) is 6.92 Å². The second-order valence-corrected chi connectivity index (χ2v) is 2.67. The second kappa shape index (κ2) is 5.42. The molecule has 0 aliphatic carbocycles. The van der Waals surface area contributed by atoms with E-state index in [0.717, 1.165) is 0 Å². The molecule has 0 spiro atoms. The maximum atomic E-state index is 12.1. The molecular formula is C7H11F3N2O3. The molecule has 3 N–H and O–H groups in total. The van der Waals surface area contributed by atoms with E-state index in [1.807, 2.05) is 5.32 Å². The zero-order chi connectivity index (χ0) is 12.1. The van der Waals surface area contributed by atoms with Crippen molar-refractivity contribution in [2.45, 2.75) is 13.1 Å². The van der Waals surface area contributed by atoms with Crippen molar-refractivity contribution < 1.29 is 27.9 Å². The Morgan fingerprint density at radius 1 is 1.33 bits per heavy atom. The molecule has 0 heterocycles. The fourth-order valence-electron chi connectivity index (χ4n) is 0.761. The zero-order valence-corrected chi connectivity index (χ0v) is 7.89. The Bertz CT molecular complexity index is 242. The predicted molar refractivity (Wildman–Crippen MR) is 44.3 cm³/mol. The first kappa shape index (κ1) is 13.5. The van der Waals surface area contributed by atoms with Gasteiger partial charge in [0.15, 0.2) is 5.92 Å². The molecule has 0 saturated heterocycles. The number of carboxylic acid groups (broad SMARTS) is 1. The van der Waals surface area contributed by atoms with Crippen LogP contribution in [0.15, 0.2) is 0 Å². The lowest BCUT2D eigenvalue weighted by Crippen LogP contribution is -2.44. The van der Waals surface area contributed by atoms with Gasteiger partial charge in [-0.05, 0) is 6.92 Å². The minimum absolute atomic E-state index is 0.246. The highest BCUT2D eigenvalue weighted by Crippen LogP contribution is 2.25. The van der Waals surface area contributed by atoms with Crippen LogP contribution < -0.4 is 10.6 Å². The number of nitrogens with one attached hydrogen (secondary N) is 2. The third-order valence-corrected chi connectivity index (χ3v) is 1.50. The number of hydrogen-bond donors (Lipinski definition) is 3. The van der Waals surface area contributed by atoms with Crippen LogP contribution >= 0.6 is 0 Å². The van der Waals surface area contributed by atoms with Crippen molar-refractivity contribution in [1.82, 2.24) is 10.6 Å². The van der Waals surface area contributed by atoms with Crippen LogP contribution in [0.2, 0.25) is 0 Å². The number of hydrogen-bond acceptors (Lipinski definition) is 2. The summed E-state index contributed by atoms with van der Waals surface area (Å²) in [6, 6.07) is -0.826. The van der Waals surface area contributed by atoms with Crippen molar-refractivity contribution in [3.63, 3.8) is 0 Å². The summed E-state index contributed by atoms with van der Waals surface area (Å²) in [5, 5.41) is 12.3. The van der Waals surface area contributed by atoms with Crippen molar-refractivity contribution >= 4 is 12.0 Å². The number of aliphatic carboxylic acids is 1. The Kier molecular flexibility index (Phi) is 4.89. The van der Waals surface area contributed by atoms with Crippen molar-refractivity contribution in [3.8, 4) is 0 Å². The smallest absolute Gasteiger partial charge is 0.403 e. The summed E-state index contributed by atoms with van der Waals surface area (Å²) in [6.45, 7) is 0.846. The van der Waals surface area contributed by atoms with Gasteiger partial charge in [-0.3, -0.25) is 4.79 Å². The van der Waals surface area contributed by atoms with E-state index in [4.69, 9.17) is 5.11 Å². The number of rotatable bonds is 4. The fraction of sp³-hybridized carbons (Fsp3) is 0.714. The van der Waals surface area contributed by atoms with Crippen LogP contribution in [0.5, 0.6) is 0 Å². The van der Waals surface area contributed by atoms with Gasteiger partial charge in [-0.1, -0.05) is 0 Å². The number of urea groups is 1. The highest BCUT2D eigenvalue weighted by molar-refractivity contribution is 5.76. The van der Waals surface area contributed by atoms with Gasteiger partial charge >= 0.3 is 18.2 Å². The van der Waals surface area contributed by atoms with Crippen LogP contribution in [0.3, 0.4) is 0 Å². The second-order valence-electron chi connectivity index (χ2n) is 2.67. The third-order valence-electron chi connectivity index (χ3n) is 1.50. The van der Waals surface area contributed by atoms with Crippen LogP contribution in [0.4, 0.5) is 18.0 Å². The van der Waals surface area contributed by atoms with E-state index in [-0.39, 0.29) is 6.54 Å². The summed E-state index contributed by atoms with van der Waals surface area (Å²) < 4.78 is 36.2. The Labute approximate surface area is 83.6 Å². The molecule has 15 heavy (non-hydrogen) atoms. The quantitative estimate of drug-likeness (QED) is 0.658. The molecule has 0 saturated carbocycles. The third kappa shape index (κ3) is 5.08. The molecule has 0 aromatic heterocycles. The standard InChI is InChI=1S/C7H11F3N2O3/c1-2-11-6(15)12-3-4(5(13)14)7(8,9)10/h4H,2-3H2,1H3,(H,13,14)(H2,11,12,15). The number of carbonyl (C=O) groups excluding carboxylic acids is 1. The number of alkyl halides is 3. The lowest BCUT2D eigenvalue weighted by molar-refractivity contribution is -0.191. The SMILES string of the molecule is CCNC(=O)NCC(C(=O)O)C(F)(F)F. The normalized spacial score (nSPS) is 13.1. The molecule has 0 aromatic rings. The Balaban J connectivity index is 4.21. The minimum Gasteiger partial charge on any atom is -0.481 e. The van der Waals surface area contributed by atoms with Gasteiger partial charge in [0.05, 0.1) is 0 Å². The summed E-state index contributed by atoms with van der Waals surface area (Å²) in [7, 11) is 0. The average molecular weight is 228 g/mol. The van der Waals surface area contributed by atoms with E-state index in [9.17, 15) is 22.8 Å². The summed E-state index contributed by atoms with van der Waals surface area (Å²) >= 11 is 0. The number of amides is 2. The van der Waals surface area contributed by atoms with Crippen LogP contribution in [0.25, 0.3) is 0 Å². The molecule has 0 aliphatic rings. The molecule has 0 fully saturated rings. The van der Waals surface area contributed by atoms with E-state index >= 15 is 0 Å².